The molecule has 0 aliphatic heterocycles. The first-order valence-electron chi connectivity index (χ1n) is 7.31. The van der Waals surface area contributed by atoms with Gasteiger partial charge in [0.25, 0.3) is 0 Å². The Balaban J connectivity index is 2.26. The van der Waals surface area contributed by atoms with Crippen LogP contribution in [-0.2, 0) is 16.6 Å². The van der Waals surface area contributed by atoms with Crippen LogP contribution >= 0.6 is 0 Å². The van der Waals surface area contributed by atoms with Gasteiger partial charge in [0.15, 0.2) is 0 Å². The smallest absolute Gasteiger partial charge is 0.240 e. The molecule has 1 aromatic rings. The highest BCUT2D eigenvalue weighted by Gasteiger charge is 2.28. The van der Waals surface area contributed by atoms with E-state index in [1.807, 2.05) is 6.92 Å². The van der Waals surface area contributed by atoms with Gasteiger partial charge < -0.3 is 5.32 Å². The second-order valence-corrected chi connectivity index (χ2v) is 7.56. The van der Waals surface area contributed by atoms with Gasteiger partial charge in [-0.25, -0.2) is 17.5 Å². The molecule has 4 nitrogen and oxygen atoms in total. The predicted octanol–water partition coefficient (Wildman–Crippen LogP) is 2.32. The van der Waals surface area contributed by atoms with Crippen molar-refractivity contribution in [1.29, 1.82) is 0 Å². The standard InChI is InChI=1S/C15H23FN2O2S/c1-10-7-14(8-13(9-17-3)15(10)16)21(19,20)18-11(2)12-5-4-6-12/h7-8,11-12,17-18H,4-6,9H2,1-3H3. The third-order valence-corrected chi connectivity index (χ3v) is 5.72. The maximum Gasteiger partial charge on any atom is 0.240 e. The number of nitrogens with one attached hydrogen (secondary N) is 2. The Morgan fingerprint density at radius 1 is 1.38 bits per heavy atom. The molecule has 1 aliphatic rings. The average Bonchev–Trinajstić information content (AvgIpc) is 2.31. The van der Waals surface area contributed by atoms with Crippen molar-refractivity contribution < 1.29 is 12.8 Å². The van der Waals surface area contributed by atoms with Gasteiger partial charge in [0, 0.05) is 18.2 Å². The summed E-state index contributed by atoms with van der Waals surface area (Å²) in [5.41, 5.74) is 0.716. The normalized spacial score (nSPS) is 17.5. The van der Waals surface area contributed by atoms with Gasteiger partial charge >= 0.3 is 0 Å². The topological polar surface area (TPSA) is 58.2 Å². The minimum Gasteiger partial charge on any atom is -0.316 e. The van der Waals surface area contributed by atoms with E-state index in [-0.39, 0.29) is 16.8 Å². The zero-order valence-corrected chi connectivity index (χ0v) is 13.6. The van der Waals surface area contributed by atoms with E-state index in [0.717, 1.165) is 12.8 Å². The van der Waals surface area contributed by atoms with Crippen LogP contribution < -0.4 is 10.0 Å². The van der Waals surface area contributed by atoms with Crippen molar-refractivity contribution >= 4 is 10.0 Å². The lowest BCUT2D eigenvalue weighted by Crippen LogP contribution is -2.40. The lowest BCUT2D eigenvalue weighted by atomic mass is 9.81. The fraction of sp³-hybridized carbons (Fsp3) is 0.600. The van der Waals surface area contributed by atoms with E-state index in [1.165, 1.54) is 18.6 Å². The summed E-state index contributed by atoms with van der Waals surface area (Å²) in [5, 5.41) is 2.85. The summed E-state index contributed by atoms with van der Waals surface area (Å²) >= 11 is 0. The summed E-state index contributed by atoms with van der Waals surface area (Å²) in [6.07, 6.45) is 3.30. The number of halogens is 1. The van der Waals surface area contributed by atoms with Gasteiger partial charge in [-0.1, -0.05) is 6.42 Å². The molecule has 118 valence electrons. The first-order valence-corrected chi connectivity index (χ1v) is 8.79. The van der Waals surface area contributed by atoms with Crippen LogP contribution in [0.5, 0.6) is 0 Å². The molecule has 1 saturated carbocycles. The maximum atomic E-state index is 14.0. The van der Waals surface area contributed by atoms with Gasteiger partial charge in [-0.05, 0) is 57.4 Å². The second kappa shape index (κ2) is 6.42. The van der Waals surface area contributed by atoms with Crippen molar-refractivity contribution in [3.05, 3.63) is 29.1 Å². The first kappa shape index (κ1) is 16.4. The second-order valence-electron chi connectivity index (χ2n) is 5.84. The lowest BCUT2D eigenvalue weighted by Gasteiger charge is -2.31. The largest absolute Gasteiger partial charge is 0.316 e. The summed E-state index contributed by atoms with van der Waals surface area (Å²) in [6.45, 7) is 3.78. The lowest BCUT2D eigenvalue weighted by molar-refractivity contribution is 0.260. The van der Waals surface area contributed by atoms with E-state index in [0.29, 0.717) is 23.6 Å². The van der Waals surface area contributed by atoms with Gasteiger partial charge in [-0.2, -0.15) is 0 Å². The van der Waals surface area contributed by atoms with Crippen LogP contribution in [-0.4, -0.2) is 21.5 Å². The van der Waals surface area contributed by atoms with Crippen molar-refractivity contribution in [3.8, 4) is 0 Å². The minimum absolute atomic E-state index is 0.0816. The van der Waals surface area contributed by atoms with Crippen molar-refractivity contribution in [2.24, 2.45) is 5.92 Å². The maximum absolute atomic E-state index is 14.0. The molecule has 0 radical (unpaired) electrons. The van der Waals surface area contributed by atoms with Crippen molar-refractivity contribution in [2.75, 3.05) is 7.05 Å². The Bertz CT molecular complexity index is 612. The quantitative estimate of drug-likeness (QED) is 0.847. The molecule has 0 heterocycles. The number of aryl methyl sites for hydroxylation is 1. The molecular formula is C15H23FN2O2S. The zero-order chi connectivity index (χ0) is 15.6. The Morgan fingerprint density at radius 3 is 2.57 bits per heavy atom. The summed E-state index contributed by atoms with van der Waals surface area (Å²) in [5.74, 6) is 0.0634. The van der Waals surface area contributed by atoms with Crippen LogP contribution in [0.2, 0.25) is 0 Å². The molecule has 1 aromatic carbocycles. The van der Waals surface area contributed by atoms with E-state index < -0.39 is 10.0 Å². The molecule has 2 N–H and O–H groups in total. The van der Waals surface area contributed by atoms with Gasteiger partial charge in [-0.3, -0.25) is 0 Å². The molecule has 0 saturated heterocycles. The van der Waals surface area contributed by atoms with E-state index in [1.54, 1.807) is 14.0 Å². The van der Waals surface area contributed by atoms with Crippen molar-refractivity contribution in [1.82, 2.24) is 10.0 Å². The number of rotatable bonds is 6. The molecule has 0 bridgehead atoms. The molecule has 1 fully saturated rings. The van der Waals surface area contributed by atoms with E-state index in [2.05, 4.69) is 10.0 Å². The highest BCUT2D eigenvalue weighted by Crippen LogP contribution is 2.30. The van der Waals surface area contributed by atoms with Gasteiger partial charge in [-0.15, -0.1) is 0 Å². The third-order valence-electron chi connectivity index (χ3n) is 4.18. The SMILES string of the molecule is CNCc1cc(S(=O)(=O)NC(C)C2CCC2)cc(C)c1F. The number of hydrogen-bond acceptors (Lipinski definition) is 3. The highest BCUT2D eigenvalue weighted by atomic mass is 32.2. The van der Waals surface area contributed by atoms with Crippen LogP contribution in [0.25, 0.3) is 0 Å². The fourth-order valence-corrected chi connectivity index (χ4v) is 4.08. The summed E-state index contributed by atoms with van der Waals surface area (Å²) in [4.78, 5) is 0.137. The Labute approximate surface area is 126 Å². The Hall–Kier alpha value is -0.980. The van der Waals surface area contributed by atoms with Gasteiger partial charge in [0.05, 0.1) is 4.90 Å². The van der Waals surface area contributed by atoms with Gasteiger partial charge in [0.1, 0.15) is 5.82 Å². The van der Waals surface area contributed by atoms with Crippen molar-refractivity contribution in [2.45, 2.75) is 50.6 Å². The van der Waals surface area contributed by atoms with Crippen molar-refractivity contribution in [3.63, 3.8) is 0 Å². The van der Waals surface area contributed by atoms with Crippen LogP contribution in [0.1, 0.15) is 37.3 Å². The minimum atomic E-state index is -3.61. The number of sulfonamides is 1. The molecule has 21 heavy (non-hydrogen) atoms. The predicted molar refractivity (Wildman–Crippen MR) is 81.0 cm³/mol. The molecule has 1 aliphatic carbocycles. The molecule has 0 spiro atoms. The monoisotopic (exact) mass is 314 g/mol. The van der Waals surface area contributed by atoms with Crippen LogP contribution in [0.3, 0.4) is 0 Å². The Morgan fingerprint density at radius 2 is 2.05 bits per heavy atom. The van der Waals surface area contributed by atoms with E-state index in [9.17, 15) is 12.8 Å². The molecular weight excluding hydrogens is 291 g/mol. The molecule has 1 unspecified atom stereocenters. The first-order chi connectivity index (χ1) is 9.85. The number of benzene rings is 1. The van der Waals surface area contributed by atoms with E-state index in [4.69, 9.17) is 0 Å². The summed E-state index contributed by atoms with van der Waals surface area (Å²) < 4.78 is 41.6. The molecule has 1 atom stereocenters. The van der Waals surface area contributed by atoms with Crippen LogP contribution in [0.4, 0.5) is 4.39 Å². The molecule has 2 rings (SSSR count). The van der Waals surface area contributed by atoms with Crippen LogP contribution in [0.15, 0.2) is 17.0 Å². The number of hydrogen-bond donors (Lipinski definition) is 2. The Kier molecular flexibility index (Phi) is 5.01. The highest BCUT2D eigenvalue weighted by molar-refractivity contribution is 7.89. The summed E-state index contributed by atoms with van der Waals surface area (Å²) in [7, 11) is -1.90. The zero-order valence-electron chi connectivity index (χ0n) is 12.7. The average molecular weight is 314 g/mol. The van der Waals surface area contributed by atoms with Gasteiger partial charge in [0.2, 0.25) is 10.0 Å². The summed E-state index contributed by atoms with van der Waals surface area (Å²) in [6, 6.07) is 2.72. The third kappa shape index (κ3) is 3.62. The van der Waals surface area contributed by atoms with E-state index >= 15 is 0 Å². The molecule has 0 amide bonds. The fourth-order valence-electron chi connectivity index (χ4n) is 2.63. The molecule has 0 aromatic heterocycles. The molecule has 6 heteroatoms. The van der Waals surface area contributed by atoms with Crippen LogP contribution in [0, 0.1) is 18.7 Å².